The maximum absolute atomic E-state index is 6.96. The van der Waals surface area contributed by atoms with Crippen LogP contribution >= 0.6 is 0 Å². The van der Waals surface area contributed by atoms with Crippen LogP contribution in [0, 0.1) is 5.41 Å². The lowest BCUT2D eigenvalue weighted by atomic mass is 9.85. The van der Waals surface area contributed by atoms with Gasteiger partial charge in [0, 0.05) is 6.54 Å². The van der Waals surface area contributed by atoms with E-state index in [0.717, 1.165) is 12.8 Å². The van der Waals surface area contributed by atoms with Gasteiger partial charge in [0.25, 0.3) is 0 Å². The van der Waals surface area contributed by atoms with Gasteiger partial charge in [-0.1, -0.05) is 32.9 Å². The molecular formula is C9H18N. The van der Waals surface area contributed by atoms with Crippen LogP contribution in [0.2, 0.25) is 0 Å². The third kappa shape index (κ3) is 3.67. The Balaban J connectivity index is 3.64. The zero-order valence-electron chi connectivity index (χ0n) is 7.33. The van der Waals surface area contributed by atoms with Crippen molar-refractivity contribution in [3.63, 3.8) is 0 Å². The average Bonchev–Trinajstić information content (AvgIpc) is 1.80. The van der Waals surface area contributed by atoms with Gasteiger partial charge in [-0.3, -0.25) is 5.73 Å². The molecule has 59 valence electrons. The first-order chi connectivity index (χ1) is 4.48. The molecule has 0 fully saturated rings. The Morgan fingerprint density at radius 3 is 2.20 bits per heavy atom. The molecule has 0 rings (SSSR count). The largest absolute Gasteiger partial charge is 0.258 e. The van der Waals surface area contributed by atoms with Gasteiger partial charge in [-0.2, -0.15) is 0 Å². The molecule has 0 aromatic carbocycles. The predicted molar refractivity (Wildman–Crippen MR) is 45.8 cm³/mol. The molecule has 1 N–H and O–H groups in total. The van der Waals surface area contributed by atoms with Gasteiger partial charge in [-0.05, 0) is 18.3 Å². The Hall–Kier alpha value is -0.300. The van der Waals surface area contributed by atoms with Crippen molar-refractivity contribution in [2.24, 2.45) is 5.41 Å². The van der Waals surface area contributed by atoms with E-state index in [2.05, 4.69) is 27.4 Å². The lowest BCUT2D eigenvalue weighted by Gasteiger charge is -2.21. The lowest BCUT2D eigenvalue weighted by Crippen LogP contribution is -2.08. The molecule has 0 saturated carbocycles. The monoisotopic (exact) mass is 140 g/mol. The molecule has 10 heavy (non-hydrogen) atoms. The summed E-state index contributed by atoms with van der Waals surface area (Å²) >= 11 is 0. The van der Waals surface area contributed by atoms with E-state index in [1.165, 1.54) is 5.57 Å². The van der Waals surface area contributed by atoms with Crippen LogP contribution in [0.3, 0.4) is 0 Å². The number of allylic oxidation sites excluding steroid dienone is 1. The van der Waals surface area contributed by atoms with Gasteiger partial charge < -0.3 is 0 Å². The Bertz CT molecular complexity index is 108. The fourth-order valence-corrected chi connectivity index (χ4v) is 0.677. The molecule has 0 saturated heterocycles. The Morgan fingerprint density at radius 1 is 1.40 bits per heavy atom. The third-order valence-corrected chi connectivity index (χ3v) is 1.72. The van der Waals surface area contributed by atoms with Crippen molar-refractivity contribution in [3.8, 4) is 0 Å². The number of hydrogen-bond acceptors (Lipinski definition) is 0. The molecule has 1 radical (unpaired) electrons. The number of nitrogens with one attached hydrogen (secondary N) is 1. The first-order valence-corrected chi connectivity index (χ1v) is 3.81. The minimum Gasteiger partial charge on any atom is -0.258 e. The van der Waals surface area contributed by atoms with Crippen molar-refractivity contribution in [2.75, 3.05) is 6.54 Å². The summed E-state index contributed by atoms with van der Waals surface area (Å²) in [5.41, 5.74) is 8.45. The highest BCUT2D eigenvalue weighted by atomic mass is 14.5. The zero-order valence-corrected chi connectivity index (χ0v) is 7.33. The maximum Gasteiger partial charge on any atom is 0.0103 e. The van der Waals surface area contributed by atoms with Crippen LogP contribution in [0.1, 0.15) is 33.6 Å². The van der Waals surface area contributed by atoms with E-state index in [-0.39, 0.29) is 5.41 Å². The highest BCUT2D eigenvalue weighted by molar-refractivity contribution is 5.04. The van der Waals surface area contributed by atoms with Gasteiger partial charge in [0.15, 0.2) is 0 Å². The molecule has 0 aromatic heterocycles. The summed E-state index contributed by atoms with van der Waals surface area (Å²) in [5, 5.41) is 0. The van der Waals surface area contributed by atoms with Crippen LogP contribution in [0.15, 0.2) is 12.2 Å². The van der Waals surface area contributed by atoms with Crippen LogP contribution in [0.4, 0.5) is 0 Å². The van der Waals surface area contributed by atoms with E-state index in [4.69, 9.17) is 5.73 Å². The SMILES string of the molecule is C=C(CCC[NH])C(C)(C)C. The molecule has 0 spiro atoms. The summed E-state index contributed by atoms with van der Waals surface area (Å²) in [6.45, 7) is 11.0. The molecular weight excluding hydrogens is 122 g/mol. The van der Waals surface area contributed by atoms with Crippen molar-refractivity contribution in [3.05, 3.63) is 12.2 Å². The van der Waals surface area contributed by atoms with Gasteiger partial charge in [0.1, 0.15) is 0 Å². The Kier molecular flexibility index (Phi) is 3.66. The molecule has 0 amide bonds. The normalized spacial score (nSPS) is 11.6. The van der Waals surface area contributed by atoms with Gasteiger partial charge >= 0.3 is 0 Å². The van der Waals surface area contributed by atoms with Gasteiger partial charge in [-0.15, -0.1) is 0 Å². The topological polar surface area (TPSA) is 23.8 Å². The van der Waals surface area contributed by atoms with E-state index < -0.39 is 0 Å². The van der Waals surface area contributed by atoms with Crippen molar-refractivity contribution < 1.29 is 0 Å². The van der Waals surface area contributed by atoms with E-state index in [1.54, 1.807) is 0 Å². The summed E-state index contributed by atoms with van der Waals surface area (Å²) in [6, 6.07) is 0. The molecule has 0 aromatic rings. The molecule has 0 heterocycles. The van der Waals surface area contributed by atoms with Crippen molar-refractivity contribution in [1.82, 2.24) is 5.73 Å². The second-order valence-corrected chi connectivity index (χ2v) is 3.71. The van der Waals surface area contributed by atoms with Crippen LogP contribution in [0.5, 0.6) is 0 Å². The molecule has 0 aliphatic carbocycles. The number of hydrogen-bond donors (Lipinski definition) is 0. The van der Waals surface area contributed by atoms with Gasteiger partial charge in [0.05, 0.1) is 0 Å². The zero-order chi connectivity index (χ0) is 8.20. The predicted octanol–water partition coefficient (Wildman–Crippen LogP) is 2.65. The summed E-state index contributed by atoms with van der Waals surface area (Å²) in [7, 11) is 0. The molecule has 0 atom stereocenters. The molecule has 0 bridgehead atoms. The van der Waals surface area contributed by atoms with E-state index in [9.17, 15) is 0 Å². The van der Waals surface area contributed by atoms with E-state index in [0.29, 0.717) is 6.54 Å². The smallest absolute Gasteiger partial charge is 0.0103 e. The molecule has 1 nitrogen and oxygen atoms in total. The first-order valence-electron chi connectivity index (χ1n) is 3.81. The summed E-state index contributed by atoms with van der Waals surface area (Å²) in [4.78, 5) is 0. The standard InChI is InChI=1S/C9H18N/c1-8(6-5-7-10)9(2,3)4/h10H,1,5-7H2,2-4H3. The minimum absolute atomic E-state index is 0.231. The number of rotatable bonds is 3. The minimum atomic E-state index is 0.231. The third-order valence-electron chi connectivity index (χ3n) is 1.72. The van der Waals surface area contributed by atoms with Crippen LogP contribution in [-0.2, 0) is 0 Å². The molecule has 0 unspecified atom stereocenters. The van der Waals surface area contributed by atoms with Crippen molar-refractivity contribution in [1.29, 1.82) is 0 Å². The van der Waals surface area contributed by atoms with Crippen LogP contribution < -0.4 is 5.73 Å². The van der Waals surface area contributed by atoms with E-state index >= 15 is 0 Å². The van der Waals surface area contributed by atoms with Crippen LogP contribution in [0.25, 0.3) is 0 Å². The molecule has 0 aliphatic heterocycles. The summed E-state index contributed by atoms with van der Waals surface area (Å²) < 4.78 is 0. The Morgan fingerprint density at radius 2 is 1.90 bits per heavy atom. The van der Waals surface area contributed by atoms with Crippen LogP contribution in [-0.4, -0.2) is 6.54 Å². The highest BCUT2D eigenvalue weighted by Gasteiger charge is 2.13. The molecule has 1 heteroatoms. The highest BCUT2D eigenvalue weighted by Crippen LogP contribution is 2.26. The fourth-order valence-electron chi connectivity index (χ4n) is 0.677. The van der Waals surface area contributed by atoms with Gasteiger partial charge in [0.2, 0.25) is 0 Å². The van der Waals surface area contributed by atoms with E-state index in [1.807, 2.05) is 0 Å². The second-order valence-electron chi connectivity index (χ2n) is 3.71. The maximum atomic E-state index is 6.96. The summed E-state index contributed by atoms with van der Waals surface area (Å²) in [5.74, 6) is 0. The lowest BCUT2D eigenvalue weighted by molar-refractivity contribution is 0.480. The Labute approximate surface area is 64.3 Å². The average molecular weight is 140 g/mol. The first kappa shape index (κ1) is 9.70. The summed E-state index contributed by atoms with van der Waals surface area (Å²) in [6.07, 6.45) is 1.96. The van der Waals surface area contributed by atoms with Crippen molar-refractivity contribution >= 4 is 0 Å². The van der Waals surface area contributed by atoms with Crippen molar-refractivity contribution in [2.45, 2.75) is 33.6 Å². The fraction of sp³-hybridized carbons (Fsp3) is 0.778. The second kappa shape index (κ2) is 3.77. The van der Waals surface area contributed by atoms with Gasteiger partial charge in [-0.25, -0.2) is 0 Å². The molecule has 0 aliphatic rings. The quantitative estimate of drug-likeness (QED) is 0.538.